The van der Waals surface area contributed by atoms with Crippen molar-refractivity contribution in [2.75, 3.05) is 7.11 Å². The van der Waals surface area contributed by atoms with Crippen LogP contribution in [0.5, 0.6) is 5.75 Å². The van der Waals surface area contributed by atoms with Crippen LogP contribution in [0.25, 0.3) is 0 Å². The van der Waals surface area contributed by atoms with E-state index in [-0.39, 0.29) is 18.3 Å². The second kappa shape index (κ2) is 6.58. The van der Waals surface area contributed by atoms with Crippen LogP contribution < -0.4 is 4.74 Å². The van der Waals surface area contributed by atoms with Crippen LogP contribution in [0.3, 0.4) is 0 Å². The lowest BCUT2D eigenvalue weighted by Gasteiger charge is -2.11. The second-order valence-corrected chi connectivity index (χ2v) is 3.21. The molecule has 0 bridgehead atoms. The SMILES string of the molecule is COc1ccc(C(O)C(=O)O)c(CCl)c1.Cl. The van der Waals surface area contributed by atoms with Crippen molar-refractivity contribution in [1.29, 1.82) is 0 Å². The summed E-state index contributed by atoms with van der Waals surface area (Å²) in [6, 6.07) is 4.68. The zero-order valence-corrected chi connectivity index (χ0v) is 10.1. The average molecular weight is 267 g/mol. The molecule has 0 aromatic heterocycles. The number of benzene rings is 1. The molecule has 1 rings (SSSR count). The highest BCUT2D eigenvalue weighted by molar-refractivity contribution is 6.17. The third-order valence-corrected chi connectivity index (χ3v) is 2.31. The molecule has 1 aromatic carbocycles. The fraction of sp³-hybridized carbons (Fsp3) is 0.300. The summed E-state index contributed by atoms with van der Waals surface area (Å²) in [5, 5.41) is 18.0. The van der Waals surface area contributed by atoms with Gasteiger partial charge in [-0.05, 0) is 23.3 Å². The molecule has 16 heavy (non-hydrogen) atoms. The molecular weight excluding hydrogens is 255 g/mol. The molecule has 0 amide bonds. The molecule has 2 N–H and O–H groups in total. The van der Waals surface area contributed by atoms with Crippen molar-refractivity contribution in [1.82, 2.24) is 0 Å². The summed E-state index contributed by atoms with van der Waals surface area (Å²) in [5.41, 5.74) is 0.837. The summed E-state index contributed by atoms with van der Waals surface area (Å²) >= 11 is 5.65. The number of carbonyl (C=O) groups is 1. The van der Waals surface area contributed by atoms with Gasteiger partial charge < -0.3 is 14.9 Å². The highest BCUT2D eigenvalue weighted by Gasteiger charge is 2.19. The van der Waals surface area contributed by atoms with Crippen LogP contribution in [0.1, 0.15) is 17.2 Å². The molecule has 90 valence electrons. The predicted molar refractivity (Wildman–Crippen MR) is 62.4 cm³/mol. The Balaban J connectivity index is 0.00000225. The van der Waals surface area contributed by atoms with Crippen LogP contribution in [0, 0.1) is 0 Å². The van der Waals surface area contributed by atoms with E-state index in [2.05, 4.69) is 0 Å². The van der Waals surface area contributed by atoms with Gasteiger partial charge in [-0.3, -0.25) is 0 Å². The van der Waals surface area contributed by atoms with E-state index in [0.717, 1.165) is 0 Å². The van der Waals surface area contributed by atoms with E-state index in [4.69, 9.17) is 21.4 Å². The minimum absolute atomic E-state index is 0. The zero-order chi connectivity index (χ0) is 11.4. The number of alkyl halides is 1. The van der Waals surface area contributed by atoms with Crippen molar-refractivity contribution in [3.05, 3.63) is 29.3 Å². The van der Waals surface area contributed by atoms with Crippen LogP contribution >= 0.6 is 24.0 Å². The first kappa shape index (κ1) is 15.0. The first-order valence-corrected chi connectivity index (χ1v) is 4.77. The molecule has 0 radical (unpaired) electrons. The average Bonchev–Trinajstić information content (AvgIpc) is 2.27. The number of aliphatic hydroxyl groups is 1. The summed E-state index contributed by atoms with van der Waals surface area (Å²) in [4.78, 5) is 10.6. The number of ether oxygens (including phenoxy) is 1. The van der Waals surface area contributed by atoms with Gasteiger partial charge in [0.15, 0.2) is 6.10 Å². The second-order valence-electron chi connectivity index (χ2n) is 2.94. The Hall–Kier alpha value is -0.970. The Labute approximate surface area is 104 Å². The monoisotopic (exact) mass is 266 g/mol. The van der Waals surface area contributed by atoms with Crippen molar-refractivity contribution < 1.29 is 19.7 Å². The minimum Gasteiger partial charge on any atom is -0.497 e. The maximum Gasteiger partial charge on any atom is 0.337 e. The molecule has 1 atom stereocenters. The third kappa shape index (κ3) is 3.27. The number of hydrogen-bond donors (Lipinski definition) is 2. The molecule has 0 aliphatic heterocycles. The molecule has 0 heterocycles. The molecule has 1 aromatic rings. The lowest BCUT2D eigenvalue weighted by atomic mass is 10.0. The summed E-state index contributed by atoms with van der Waals surface area (Å²) in [7, 11) is 1.50. The highest BCUT2D eigenvalue weighted by atomic mass is 35.5. The maximum atomic E-state index is 10.6. The van der Waals surface area contributed by atoms with Gasteiger partial charge in [-0.25, -0.2) is 4.79 Å². The number of aliphatic hydroxyl groups excluding tert-OH is 1. The van der Waals surface area contributed by atoms with E-state index in [1.54, 1.807) is 12.1 Å². The topological polar surface area (TPSA) is 66.8 Å². The number of aliphatic carboxylic acids is 1. The highest BCUT2D eigenvalue weighted by Crippen LogP contribution is 2.24. The van der Waals surface area contributed by atoms with Crippen molar-refractivity contribution >= 4 is 30.0 Å². The van der Waals surface area contributed by atoms with Gasteiger partial charge in [0.05, 0.1) is 7.11 Å². The Bertz CT molecular complexity index is 368. The molecule has 0 spiro atoms. The Morgan fingerprint density at radius 1 is 1.56 bits per heavy atom. The van der Waals surface area contributed by atoms with Crippen molar-refractivity contribution in [2.45, 2.75) is 12.0 Å². The first-order valence-electron chi connectivity index (χ1n) is 4.23. The van der Waals surface area contributed by atoms with Crippen molar-refractivity contribution in [2.24, 2.45) is 0 Å². The number of methoxy groups -OCH3 is 1. The fourth-order valence-corrected chi connectivity index (χ4v) is 1.46. The molecule has 0 fully saturated rings. The Morgan fingerprint density at radius 3 is 2.62 bits per heavy atom. The quantitative estimate of drug-likeness (QED) is 0.818. The van der Waals surface area contributed by atoms with Crippen molar-refractivity contribution in [3.8, 4) is 5.75 Å². The fourth-order valence-electron chi connectivity index (χ4n) is 1.22. The van der Waals surface area contributed by atoms with E-state index < -0.39 is 12.1 Å². The number of hydrogen-bond acceptors (Lipinski definition) is 3. The Morgan fingerprint density at radius 2 is 2.19 bits per heavy atom. The van der Waals surface area contributed by atoms with Gasteiger partial charge in [-0.1, -0.05) is 6.07 Å². The largest absolute Gasteiger partial charge is 0.497 e. The van der Waals surface area contributed by atoms with Crippen LogP contribution in [0.2, 0.25) is 0 Å². The number of carboxylic acid groups (broad SMARTS) is 1. The van der Waals surface area contributed by atoms with Crippen LogP contribution in [-0.2, 0) is 10.7 Å². The normalized spacial score (nSPS) is 11.4. The van der Waals surface area contributed by atoms with E-state index in [1.165, 1.54) is 13.2 Å². The molecular formula is C10H12Cl2O4. The smallest absolute Gasteiger partial charge is 0.337 e. The van der Waals surface area contributed by atoms with Gasteiger partial charge in [0.25, 0.3) is 0 Å². The number of carboxylic acids is 1. The minimum atomic E-state index is -1.55. The van der Waals surface area contributed by atoms with Crippen LogP contribution in [0.4, 0.5) is 0 Å². The molecule has 0 aliphatic rings. The molecule has 0 saturated carbocycles. The molecule has 1 unspecified atom stereocenters. The summed E-state index contributed by atoms with van der Waals surface area (Å²) in [6.45, 7) is 0. The molecule has 0 aliphatic carbocycles. The number of rotatable bonds is 4. The standard InChI is InChI=1S/C10H11ClO4.ClH/c1-15-7-2-3-8(6(4-7)5-11)9(12)10(13)14;/h2-4,9,12H,5H2,1H3,(H,13,14);1H. The van der Waals surface area contributed by atoms with Gasteiger partial charge in [-0.2, -0.15) is 0 Å². The van der Waals surface area contributed by atoms with Crippen molar-refractivity contribution in [3.63, 3.8) is 0 Å². The molecule has 4 nitrogen and oxygen atoms in total. The van der Waals surface area contributed by atoms with Gasteiger partial charge in [0, 0.05) is 5.88 Å². The van der Waals surface area contributed by atoms with Crippen LogP contribution in [-0.4, -0.2) is 23.3 Å². The Kier molecular flexibility index (Phi) is 6.18. The summed E-state index contributed by atoms with van der Waals surface area (Å²) in [6.07, 6.45) is -1.55. The van der Waals surface area contributed by atoms with Gasteiger partial charge in [0.2, 0.25) is 0 Å². The molecule has 0 saturated heterocycles. The lowest BCUT2D eigenvalue weighted by Crippen LogP contribution is -2.12. The first-order chi connectivity index (χ1) is 7.10. The predicted octanol–water partition coefficient (Wildman–Crippen LogP) is 1.97. The summed E-state index contributed by atoms with van der Waals surface area (Å²) < 4.78 is 4.96. The van der Waals surface area contributed by atoms with Crippen LogP contribution in [0.15, 0.2) is 18.2 Å². The summed E-state index contributed by atoms with van der Waals surface area (Å²) in [5.74, 6) is -0.602. The maximum absolute atomic E-state index is 10.6. The number of halogens is 2. The third-order valence-electron chi connectivity index (χ3n) is 2.02. The van der Waals surface area contributed by atoms with Gasteiger partial charge in [-0.15, -0.1) is 24.0 Å². The lowest BCUT2D eigenvalue weighted by molar-refractivity contribution is -0.147. The van der Waals surface area contributed by atoms with E-state index >= 15 is 0 Å². The zero-order valence-electron chi connectivity index (χ0n) is 8.51. The van der Waals surface area contributed by atoms with E-state index in [9.17, 15) is 9.90 Å². The van der Waals surface area contributed by atoms with E-state index in [1.807, 2.05) is 0 Å². The van der Waals surface area contributed by atoms with Gasteiger partial charge >= 0.3 is 5.97 Å². The molecule has 6 heteroatoms. The van der Waals surface area contributed by atoms with E-state index in [0.29, 0.717) is 16.9 Å². The van der Waals surface area contributed by atoms with Gasteiger partial charge in [0.1, 0.15) is 5.75 Å².